The third kappa shape index (κ3) is 2.59. The van der Waals surface area contributed by atoms with Gasteiger partial charge in [0.25, 0.3) is 5.78 Å². The predicted octanol–water partition coefficient (Wildman–Crippen LogP) is 5.85. The van der Waals surface area contributed by atoms with Gasteiger partial charge in [-0.2, -0.15) is 0 Å². The SMILES string of the molecule is [C-]#[N+][C@@]12O[C@@H]1[C@]1(C)C3=CC(=O)[C@@H]4[C@@H]5CC(C)(C)CC[C@]5(C(=O)O)CC[C@@]4(C)[C@]3(C)CC[C@H]1C(C)(C)C2=O. The number of carbonyl (C=O) groups excluding carboxylic acids is 2. The normalized spacial score (nSPS) is 52.8. The zero-order chi connectivity index (χ0) is 27.2. The molecule has 200 valence electrons. The summed E-state index contributed by atoms with van der Waals surface area (Å²) in [6, 6.07) is 0. The Morgan fingerprint density at radius 1 is 1.03 bits per heavy atom. The molecule has 0 bridgehead atoms. The van der Waals surface area contributed by atoms with Crippen LogP contribution in [0.4, 0.5) is 0 Å². The first-order valence-corrected chi connectivity index (χ1v) is 14.1. The summed E-state index contributed by atoms with van der Waals surface area (Å²) in [6.07, 6.45) is 6.54. The standard InChI is InChI=1S/C31H41NO5/c1-25(2)11-13-30(24(35)36)14-12-28(6)21(17(30)16-25)18(33)15-20-27(28,5)10-9-19-26(3,4)22(34)31(32-8)23(37-31)29(19,20)7/h15,17,19,21,23H,9-14,16H2,1-7H3,(H,35,36)/t17-,19-,21-,23+,27+,28+,29-,30-,31-/m0/s1. The lowest BCUT2D eigenvalue weighted by molar-refractivity contribution is -0.190. The van der Waals surface area contributed by atoms with Crippen molar-refractivity contribution in [1.82, 2.24) is 0 Å². The van der Waals surface area contributed by atoms with Gasteiger partial charge < -0.3 is 5.11 Å². The summed E-state index contributed by atoms with van der Waals surface area (Å²) in [5, 5.41) is 10.5. The van der Waals surface area contributed by atoms with Crippen LogP contribution in [0.25, 0.3) is 4.85 Å². The highest BCUT2D eigenvalue weighted by Gasteiger charge is 2.87. The van der Waals surface area contributed by atoms with Crippen molar-refractivity contribution in [2.45, 2.75) is 105 Å². The van der Waals surface area contributed by atoms with Crippen LogP contribution >= 0.6 is 0 Å². The number of epoxide rings is 1. The number of allylic oxidation sites excluding steroid dienone is 1. The molecule has 1 aliphatic heterocycles. The molecule has 0 aromatic carbocycles. The van der Waals surface area contributed by atoms with E-state index in [-0.39, 0.29) is 45.6 Å². The minimum absolute atomic E-state index is 0.00151. The van der Waals surface area contributed by atoms with Gasteiger partial charge in [-0.05, 0) is 79.1 Å². The first kappa shape index (κ1) is 25.3. The molecule has 1 N–H and O–H groups in total. The maximum atomic E-state index is 14.3. The highest BCUT2D eigenvalue weighted by atomic mass is 16.6. The molecule has 0 unspecified atom stereocenters. The zero-order valence-corrected chi connectivity index (χ0v) is 23.4. The molecule has 0 radical (unpaired) electrons. The molecule has 5 aliphatic carbocycles. The van der Waals surface area contributed by atoms with Gasteiger partial charge in [-0.3, -0.25) is 24.0 Å². The van der Waals surface area contributed by atoms with Crippen molar-refractivity contribution in [3.05, 3.63) is 23.1 Å². The Kier molecular flexibility index (Phi) is 4.62. The molecule has 0 aromatic rings. The van der Waals surface area contributed by atoms with E-state index in [9.17, 15) is 19.5 Å². The van der Waals surface area contributed by atoms with E-state index in [1.807, 2.05) is 19.9 Å². The highest BCUT2D eigenvalue weighted by Crippen LogP contribution is 2.77. The second kappa shape index (κ2) is 6.76. The van der Waals surface area contributed by atoms with Crippen molar-refractivity contribution < 1.29 is 24.2 Å². The van der Waals surface area contributed by atoms with Gasteiger partial charge in [0.1, 0.15) is 0 Å². The Bertz CT molecular complexity index is 1220. The van der Waals surface area contributed by atoms with Gasteiger partial charge in [0.15, 0.2) is 11.9 Å². The van der Waals surface area contributed by atoms with Gasteiger partial charge in [-0.1, -0.05) is 54.0 Å². The van der Waals surface area contributed by atoms with Crippen LogP contribution in [0.2, 0.25) is 0 Å². The molecule has 5 fully saturated rings. The Labute approximate surface area is 220 Å². The summed E-state index contributed by atoms with van der Waals surface area (Å²) < 4.78 is 6.06. The number of carboxylic acid groups (broad SMARTS) is 1. The first-order chi connectivity index (χ1) is 17.0. The van der Waals surface area contributed by atoms with Gasteiger partial charge in [0.05, 0.1) is 5.41 Å². The second-order valence-corrected chi connectivity index (χ2v) is 15.4. The summed E-state index contributed by atoms with van der Waals surface area (Å²) in [6.45, 7) is 22.9. The lowest BCUT2D eigenvalue weighted by Crippen LogP contribution is -2.67. The van der Waals surface area contributed by atoms with E-state index in [1.165, 1.54) is 0 Å². The fraction of sp³-hybridized carbons (Fsp3) is 0.806. The molecule has 0 spiro atoms. The van der Waals surface area contributed by atoms with Crippen molar-refractivity contribution in [3.63, 3.8) is 0 Å². The van der Waals surface area contributed by atoms with Crippen molar-refractivity contribution in [2.24, 2.45) is 50.2 Å². The van der Waals surface area contributed by atoms with Gasteiger partial charge in [-0.15, -0.1) is 0 Å². The number of carbonyl (C=O) groups is 3. The molecule has 6 heteroatoms. The third-order valence-electron chi connectivity index (χ3n) is 13.1. The lowest BCUT2D eigenvalue weighted by atomic mass is 9.33. The van der Waals surface area contributed by atoms with E-state index in [0.717, 1.165) is 31.3 Å². The van der Waals surface area contributed by atoms with Gasteiger partial charge >= 0.3 is 11.7 Å². The van der Waals surface area contributed by atoms with Crippen LogP contribution in [-0.4, -0.2) is 34.5 Å². The van der Waals surface area contributed by atoms with Crippen LogP contribution < -0.4 is 0 Å². The number of nitrogens with zero attached hydrogens (tertiary/aromatic N) is 1. The summed E-state index contributed by atoms with van der Waals surface area (Å²) in [4.78, 5) is 44.4. The minimum Gasteiger partial charge on any atom is -0.481 e. The monoisotopic (exact) mass is 507 g/mol. The van der Waals surface area contributed by atoms with E-state index in [4.69, 9.17) is 11.3 Å². The summed E-state index contributed by atoms with van der Waals surface area (Å²) in [5.74, 6) is -1.35. The molecule has 1 heterocycles. The number of ether oxygens (including phenoxy) is 1. The maximum absolute atomic E-state index is 14.3. The summed E-state index contributed by atoms with van der Waals surface area (Å²) in [5.41, 5.74) is -3.27. The van der Waals surface area contributed by atoms with Gasteiger partial charge in [-0.25, -0.2) is 6.57 Å². The molecule has 6 aliphatic rings. The number of carboxylic acids is 1. The van der Waals surface area contributed by atoms with E-state index >= 15 is 0 Å². The number of hydrogen-bond donors (Lipinski definition) is 1. The second-order valence-electron chi connectivity index (χ2n) is 15.4. The third-order valence-corrected chi connectivity index (χ3v) is 13.1. The predicted molar refractivity (Wildman–Crippen MR) is 137 cm³/mol. The van der Waals surface area contributed by atoms with Crippen molar-refractivity contribution in [1.29, 1.82) is 0 Å². The number of rotatable bonds is 1. The van der Waals surface area contributed by atoms with Gasteiger partial charge in [0.2, 0.25) is 0 Å². The van der Waals surface area contributed by atoms with E-state index in [0.29, 0.717) is 19.3 Å². The quantitative estimate of drug-likeness (QED) is 0.355. The molecule has 0 aromatic heterocycles. The number of ketones is 2. The van der Waals surface area contributed by atoms with Crippen molar-refractivity contribution in [3.8, 4) is 0 Å². The topological polar surface area (TPSA) is 88.3 Å². The number of Topliss-reactive ketones (excluding diaryl/α,β-unsaturated/α-hetero) is 1. The summed E-state index contributed by atoms with van der Waals surface area (Å²) >= 11 is 0. The van der Waals surface area contributed by atoms with Crippen LogP contribution in [0.5, 0.6) is 0 Å². The Hall–Kier alpha value is -2.00. The Morgan fingerprint density at radius 2 is 1.68 bits per heavy atom. The van der Waals surface area contributed by atoms with Crippen LogP contribution in [0.1, 0.15) is 93.4 Å². The molecule has 9 atom stereocenters. The summed E-state index contributed by atoms with van der Waals surface area (Å²) in [7, 11) is 0. The smallest absolute Gasteiger partial charge is 0.424 e. The molecule has 4 saturated carbocycles. The van der Waals surface area contributed by atoms with E-state index in [2.05, 4.69) is 39.5 Å². The molecule has 1 saturated heterocycles. The van der Waals surface area contributed by atoms with E-state index in [1.54, 1.807) is 0 Å². The van der Waals surface area contributed by atoms with Crippen molar-refractivity contribution in [2.75, 3.05) is 0 Å². The first-order valence-electron chi connectivity index (χ1n) is 14.1. The minimum atomic E-state index is -1.44. The lowest BCUT2D eigenvalue weighted by Gasteiger charge is -2.68. The number of aliphatic carboxylic acids is 1. The van der Waals surface area contributed by atoms with Gasteiger partial charge in [0, 0.05) is 16.7 Å². The number of fused-ring (bicyclic) bond motifs is 9. The van der Waals surface area contributed by atoms with Crippen LogP contribution in [0.3, 0.4) is 0 Å². The molecule has 37 heavy (non-hydrogen) atoms. The van der Waals surface area contributed by atoms with Crippen LogP contribution in [-0.2, 0) is 19.1 Å². The average molecular weight is 508 g/mol. The van der Waals surface area contributed by atoms with Crippen LogP contribution in [0.15, 0.2) is 11.6 Å². The molecule has 6 nitrogen and oxygen atoms in total. The fourth-order valence-corrected chi connectivity index (χ4v) is 10.8. The largest absolute Gasteiger partial charge is 0.481 e. The zero-order valence-electron chi connectivity index (χ0n) is 23.4. The Morgan fingerprint density at radius 3 is 2.30 bits per heavy atom. The highest BCUT2D eigenvalue weighted by molar-refractivity contribution is 6.00. The molecular weight excluding hydrogens is 466 g/mol. The fourth-order valence-electron chi connectivity index (χ4n) is 10.8. The molecule has 0 amide bonds. The average Bonchev–Trinajstić information content (AvgIpc) is 3.56. The van der Waals surface area contributed by atoms with E-state index < -0.39 is 34.0 Å². The maximum Gasteiger partial charge on any atom is 0.424 e. The number of hydrogen-bond acceptors (Lipinski definition) is 4. The Balaban J connectivity index is 1.53. The van der Waals surface area contributed by atoms with Crippen LogP contribution in [0, 0.1) is 56.8 Å². The molecular formula is C31H41NO5. The van der Waals surface area contributed by atoms with Crippen molar-refractivity contribution >= 4 is 17.5 Å². The molecule has 6 rings (SSSR count).